The lowest BCUT2D eigenvalue weighted by Crippen LogP contribution is -2.47. The molecular weight excluding hydrogens is 300 g/mol. The van der Waals surface area contributed by atoms with Crippen LogP contribution >= 0.6 is 0 Å². The molecule has 0 spiro atoms. The summed E-state index contributed by atoms with van der Waals surface area (Å²) in [6, 6.07) is -0.651. The molecule has 2 unspecified atom stereocenters. The Balaban J connectivity index is 2.92. The second-order valence-corrected chi connectivity index (χ2v) is 7.75. The first-order chi connectivity index (χ1) is 10.3. The van der Waals surface area contributed by atoms with Crippen molar-refractivity contribution in [3.63, 3.8) is 0 Å². The van der Waals surface area contributed by atoms with Crippen molar-refractivity contribution in [2.75, 3.05) is 20.7 Å². The van der Waals surface area contributed by atoms with E-state index in [0.717, 1.165) is 5.06 Å². The number of likely N-dealkylation sites (tertiary alicyclic amines) is 1. The Morgan fingerprint density at radius 1 is 1.09 bits per heavy atom. The van der Waals surface area contributed by atoms with Crippen molar-refractivity contribution < 1.29 is 23.9 Å². The van der Waals surface area contributed by atoms with Gasteiger partial charge >= 0.3 is 6.09 Å². The minimum Gasteiger partial charge on any atom is -0.444 e. The Hall–Kier alpha value is -1.34. The van der Waals surface area contributed by atoms with Gasteiger partial charge in [0.15, 0.2) is 0 Å². The Kier molecular flexibility index (Phi) is 6.04. The molecule has 1 aliphatic rings. The Morgan fingerprint density at radius 3 is 2.09 bits per heavy atom. The third kappa shape index (κ3) is 5.99. The summed E-state index contributed by atoms with van der Waals surface area (Å²) in [4.78, 5) is 31.3. The first-order valence-electron chi connectivity index (χ1n) is 7.83. The van der Waals surface area contributed by atoms with Crippen LogP contribution in [0.5, 0.6) is 0 Å². The van der Waals surface area contributed by atoms with E-state index in [-0.39, 0.29) is 17.6 Å². The first-order valence-corrected chi connectivity index (χ1v) is 7.83. The fourth-order valence-electron chi connectivity index (χ4n) is 2.44. The first kappa shape index (κ1) is 19.7. The maximum Gasteiger partial charge on any atom is 0.411 e. The smallest absolute Gasteiger partial charge is 0.411 e. The van der Waals surface area contributed by atoms with Gasteiger partial charge in [-0.1, -0.05) is 0 Å². The molecule has 2 amide bonds. The van der Waals surface area contributed by atoms with Crippen LogP contribution in [0, 0.1) is 0 Å². The van der Waals surface area contributed by atoms with E-state index in [2.05, 4.69) is 0 Å². The molecule has 1 aliphatic heterocycles. The zero-order valence-corrected chi connectivity index (χ0v) is 15.5. The maximum absolute atomic E-state index is 12.5. The lowest BCUT2D eigenvalue weighted by molar-refractivity contribution is -0.173. The van der Waals surface area contributed by atoms with Crippen LogP contribution in [-0.2, 0) is 19.1 Å². The highest BCUT2D eigenvalue weighted by Crippen LogP contribution is 2.27. The largest absolute Gasteiger partial charge is 0.444 e. The summed E-state index contributed by atoms with van der Waals surface area (Å²) >= 11 is 0. The normalized spacial score (nSPS) is 22.2. The summed E-state index contributed by atoms with van der Waals surface area (Å²) in [6.45, 7) is 11.5. The molecule has 1 heterocycles. The molecule has 1 rings (SSSR count). The number of carbonyl (C=O) groups excluding carboxylic acids is 2. The van der Waals surface area contributed by atoms with Crippen molar-refractivity contribution in [3.05, 3.63) is 0 Å². The molecule has 0 bridgehead atoms. The molecule has 7 nitrogen and oxygen atoms in total. The minimum absolute atomic E-state index is 0.221. The molecular formula is C16H30N2O5. The molecule has 23 heavy (non-hydrogen) atoms. The zero-order valence-electron chi connectivity index (χ0n) is 15.5. The van der Waals surface area contributed by atoms with E-state index in [9.17, 15) is 9.59 Å². The predicted molar refractivity (Wildman–Crippen MR) is 85.8 cm³/mol. The molecule has 2 atom stereocenters. The van der Waals surface area contributed by atoms with Crippen LogP contribution in [0.1, 0.15) is 48.0 Å². The Morgan fingerprint density at radius 2 is 1.65 bits per heavy atom. The topological polar surface area (TPSA) is 68.3 Å². The lowest BCUT2D eigenvalue weighted by Gasteiger charge is -2.29. The lowest BCUT2D eigenvalue weighted by atomic mass is 10.1. The molecule has 0 N–H and O–H groups in total. The molecule has 134 valence electrons. The number of ether oxygens (including phenoxy) is 2. The van der Waals surface area contributed by atoms with Crippen LogP contribution in [-0.4, -0.2) is 66.0 Å². The molecule has 0 aromatic carbocycles. The number of hydrogen-bond acceptors (Lipinski definition) is 5. The van der Waals surface area contributed by atoms with E-state index in [1.807, 2.05) is 20.8 Å². The van der Waals surface area contributed by atoms with Crippen LogP contribution in [0.2, 0.25) is 0 Å². The van der Waals surface area contributed by atoms with Crippen molar-refractivity contribution in [2.24, 2.45) is 0 Å². The van der Waals surface area contributed by atoms with Crippen molar-refractivity contribution in [2.45, 2.75) is 71.3 Å². The molecule has 0 aromatic rings. The van der Waals surface area contributed by atoms with Crippen molar-refractivity contribution in [1.82, 2.24) is 9.96 Å². The monoisotopic (exact) mass is 330 g/mol. The number of rotatable bonds is 3. The predicted octanol–water partition coefficient (Wildman–Crippen LogP) is 2.20. The van der Waals surface area contributed by atoms with Crippen LogP contribution < -0.4 is 0 Å². The summed E-state index contributed by atoms with van der Waals surface area (Å²) < 4.78 is 11.4. The summed E-state index contributed by atoms with van der Waals surface area (Å²) in [5, 5.41) is 1.13. The SMILES string of the molecule is CON(C)C(=O)C1CC(OC(C)(C)C)CN1C(=O)OC(C)(C)C. The highest BCUT2D eigenvalue weighted by molar-refractivity contribution is 5.85. The van der Waals surface area contributed by atoms with E-state index in [1.54, 1.807) is 20.8 Å². The summed E-state index contributed by atoms with van der Waals surface area (Å²) in [5.41, 5.74) is -0.976. The fraction of sp³-hybridized carbons (Fsp3) is 0.875. The number of carbonyl (C=O) groups is 2. The van der Waals surface area contributed by atoms with Gasteiger partial charge in [-0.2, -0.15) is 0 Å². The molecule has 1 saturated heterocycles. The van der Waals surface area contributed by atoms with E-state index in [0.29, 0.717) is 13.0 Å². The molecule has 1 fully saturated rings. The minimum atomic E-state index is -0.651. The van der Waals surface area contributed by atoms with Crippen LogP contribution in [0.3, 0.4) is 0 Å². The highest BCUT2D eigenvalue weighted by atomic mass is 16.7. The van der Waals surface area contributed by atoms with Crippen molar-refractivity contribution in [3.8, 4) is 0 Å². The van der Waals surface area contributed by atoms with Gasteiger partial charge in [-0.25, -0.2) is 9.86 Å². The molecule has 0 aliphatic carbocycles. The average molecular weight is 330 g/mol. The average Bonchev–Trinajstić information content (AvgIpc) is 2.76. The van der Waals surface area contributed by atoms with Gasteiger partial charge in [-0.05, 0) is 41.5 Å². The molecule has 0 saturated carbocycles. The van der Waals surface area contributed by atoms with Gasteiger partial charge in [0.1, 0.15) is 11.6 Å². The summed E-state index contributed by atoms with van der Waals surface area (Å²) in [7, 11) is 2.93. The van der Waals surface area contributed by atoms with Gasteiger partial charge in [-0.15, -0.1) is 0 Å². The Labute approximate surface area is 138 Å². The van der Waals surface area contributed by atoms with E-state index in [4.69, 9.17) is 14.3 Å². The molecule has 0 radical (unpaired) electrons. The second kappa shape index (κ2) is 7.05. The Bertz CT molecular complexity index is 439. The van der Waals surface area contributed by atoms with Gasteiger partial charge in [0, 0.05) is 13.5 Å². The van der Waals surface area contributed by atoms with Crippen LogP contribution in [0.15, 0.2) is 0 Å². The number of amides is 2. The van der Waals surface area contributed by atoms with E-state index < -0.39 is 17.7 Å². The van der Waals surface area contributed by atoms with Crippen molar-refractivity contribution in [1.29, 1.82) is 0 Å². The van der Waals surface area contributed by atoms with Crippen LogP contribution in [0.25, 0.3) is 0 Å². The standard InChI is InChI=1S/C16H30N2O5/c1-15(2,3)22-11-9-12(13(19)17(7)21-8)18(10-11)14(20)23-16(4,5)6/h11-12H,9-10H2,1-8H3. The quantitative estimate of drug-likeness (QED) is 0.742. The zero-order chi connectivity index (χ0) is 18.0. The number of hydroxylamine groups is 2. The number of likely N-dealkylation sites (N-methyl/N-ethyl adjacent to an activating group) is 1. The van der Waals surface area contributed by atoms with Gasteiger partial charge in [0.05, 0.1) is 25.4 Å². The van der Waals surface area contributed by atoms with Gasteiger partial charge < -0.3 is 9.47 Å². The maximum atomic E-state index is 12.5. The van der Waals surface area contributed by atoms with Crippen molar-refractivity contribution >= 4 is 12.0 Å². The number of nitrogens with zero attached hydrogens (tertiary/aromatic N) is 2. The fourth-order valence-corrected chi connectivity index (χ4v) is 2.44. The third-order valence-electron chi connectivity index (χ3n) is 3.28. The second-order valence-electron chi connectivity index (χ2n) is 7.75. The van der Waals surface area contributed by atoms with Gasteiger partial charge in [0.2, 0.25) is 0 Å². The van der Waals surface area contributed by atoms with Gasteiger partial charge in [-0.3, -0.25) is 14.5 Å². The molecule has 0 aromatic heterocycles. The van der Waals surface area contributed by atoms with E-state index >= 15 is 0 Å². The number of hydrogen-bond donors (Lipinski definition) is 0. The van der Waals surface area contributed by atoms with E-state index in [1.165, 1.54) is 19.1 Å². The van der Waals surface area contributed by atoms with Crippen LogP contribution in [0.4, 0.5) is 4.79 Å². The van der Waals surface area contributed by atoms with Gasteiger partial charge in [0.25, 0.3) is 5.91 Å². The molecule has 7 heteroatoms. The summed E-state index contributed by atoms with van der Waals surface area (Å²) in [5.74, 6) is -0.293. The summed E-state index contributed by atoms with van der Waals surface area (Å²) in [6.07, 6.45) is -0.314. The third-order valence-corrected chi connectivity index (χ3v) is 3.28. The highest BCUT2D eigenvalue weighted by Gasteiger charge is 2.44.